The van der Waals surface area contributed by atoms with Gasteiger partial charge in [-0.2, -0.15) is 31.3 Å². The predicted molar refractivity (Wildman–Crippen MR) is 80.1 cm³/mol. The summed E-state index contributed by atoms with van der Waals surface area (Å²) in [6.45, 7) is 0. The van der Waals surface area contributed by atoms with E-state index in [1.54, 1.807) is 0 Å². The van der Waals surface area contributed by atoms with Gasteiger partial charge in [0.2, 0.25) is 5.82 Å². The summed E-state index contributed by atoms with van der Waals surface area (Å²) in [5, 5.41) is 2.37. The Morgan fingerprint density at radius 3 is 2.32 bits per heavy atom. The summed E-state index contributed by atoms with van der Waals surface area (Å²) in [4.78, 5) is 3.06. The van der Waals surface area contributed by atoms with Crippen molar-refractivity contribution in [3.63, 3.8) is 0 Å². The number of alkyl halides is 6. The largest absolute Gasteiger partial charge is 0.471 e. The lowest BCUT2D eigenvalue weighted by Crippen LogP contribution is -2.05. The Kier molecular flexibility index (Phi) is 4.96. The molecule has 0 saturated heterocycles. The highest BCUT2D eigenvalue weighted by atomic mass is 35.5. The van der Waals surface area contributed by atoms with Crippen molar-refractivity contribution < 1.29 is 40.0 Å². The van der Waals surface area contributed by atoms with Crippen LogP contribution in [0.1, 0.15) is 11.5 Å². The summed E-state index contributed by atoms with van der Waals surface area (Å²) >= 11 is 5.55. The smallest absolute Gasteiger partial charge is 0.454 e. The lowest BCUT2D eigenvalue weighted by Gasteiger charge is -2.12. The molecule has 147 valence electrons. The maximum absolute atomic E-state index is 14.5. The minimum atomic E-state index is -4.92. The fourth-order valence-corrected chi connectivity index (χ4v) is 2.34. The Morgan fingerprint density at radius 1 is 1.04 bits per heavy atom. The summed E-state index contributed by atoms with van der Waals surface area (Å²) in [6, 6.07) is 6.78. The third kappa shape index (κ3) is 4.03. The van der Waals surface area contributed by atoms with Gasteiger partial charge in [0, 0.05) is 12.1 Å². The van der Waals surface area contributed by atoms with Crippen molar-refractivity contribution in [3.8, 4) is 22.9 Å². The number of hydrogen-bond acceptors (Lipinski definition) is 4. The van der Waals surface area contributed by atoms with Crippen molar-refractivity contribution in [2.75, 3.05) is 0 Å². The minimum absolute atomic E-state index is 0.255. The Hall–Kier alpha value is -2.82. The summed E-state index contributed by atoms with van der Waals surface area (Å²) in [7, 11) is 0. The van der Waals surface area contributed by atoms with Crippen molar-refractivity contribution in [1.29, 1.82) is 0 Å². The van der Waals surface area contributed by atoms with Crippen LogP contribution in [0, 0.1) is 11.9 Å². The highest BCUT2D eigenvalue weighted by Crippen LogP contribution is 2.38. The van der Waals surface area contributed by atoms with E-state index in [2.05, 4.69) is 20.7 Å². The van der Waals surface area contributed by atoms with Crippen LogP contribution in [0.2, 0.25) is 5.02 Å². The highest BCUT2D eigenvalue weighted by Gasteiger charge is 2.39. The second-order valence-corrected chi connectivity index (χ2v) is 5.60. The third-order valence-electron chi connectivity index (χ3n) is 3.28. The Balaban J connectivity index is 1.92. The molecule has 4 nitrogen and oxygen atoms in total. The molecule has 0 spiro atoms. The van der Waals surface area contributed by atoms with E-state index in [9.17, 15) is 30.7 Å². The number of hydrogen-bond donors (Lipinski definition) is 0. The maximum atomic E-state index is 14.5. The third-order valence-corrected chi connectivity index (χ3v) is 3.59. The average Bonchev–Trinajstić information content (AvgIpc) is 3.06. The van der Waals surface area contributed by atoms with Crippen LogP contribution in [0.3, 0.4) is 0 Å². The van der Waals surface area contributed by atoms with Crippen LogP contribution in [0.15, 0.2) is 34.9 Å². The molecule has 0 aliphatic carbocycles. The van der Waals surface area contributed by atoms with Crippen molar-refractivity contribution in [2.24, 2.45) is 0 Å². The Bertz CT molecular complexity index is 1010. The number of rotatable bonds is 3. The van der Waals surface area contributed by atoms with Gasteiger partial charge in [0.1, 0.15) is 5.75 Å². The van der Waals surface area contributed by atoms with Gasteiger partial charge in [-0.1, -0.05) is 16.8 Å². The van der Waals surface area contributed by atoms with E-state index in [0.29, 0.717) is 6.07 Å². The van der Waals surface area contributed by atoms with E-state index < -0.39 is 51.8 Å². The zero-order chi connectivity index (χ0) is 20.7. The van der Waals surface area contributed by atoms with Gasteiger partial charge in [0.15, 0.2) is 11.6 Å². The fraction of sp³-hybridized carbons (Fsp3) is 0.125. The van der Waals surface area contributed by atoms with Gasteiger partial charge >= 0.3 is 18.2 Å². The van der Waals surface area contributed by atoms with Crippen LogP contribution in [0.25, 0.3) is 11.4 Å². The molecule has 1 radical (unpaired) electrons. The summed E-state index contributed by atoms with van der Waals surface area (Å²) in [5.41, 5.74) is -1.61. The highest BCUT2D eigenvalue weighted by molar-refractivity contribution is 6.31. The second kappa shape index (κ2) is 6.97. The van der Waals surface area contributed by atoms with Gasteiger partial charge in [-0.3, -0.25) is 0 Å². The first-order valence-electron chi connectivity index (χ1n) is 7.13. The topological polar surface area (TPSA) is 48.2 Å². The van der Waals surface area contributed by atoms with Gasteiger partial charge in [0.05, 0.1) is 16.1 Å². The molecule has 0 bridgehead atoms. The van der Waals surface area contributed by atoms with Crippen LogP contribution in [-0.2, 0) is 12.4 Å². The van der Waals surface area contributed by atoms with Crippen molar-refractivity contribution >= 4 is 11.6 Å². The van der Waals surface area contributed by atoms with E-state index in [4.69, 9.17) is 16.3 Å². The molecule has 0 unspecified atom stereocenters. The molecule has 3 rings (SSSR count). The van der Waals surface area contributed by atoms with E-state index >= 15 is 0 Å². The molecule has 0 amide bonds. The summed E-state index contributed by atoms with van der Waals surface area (Å²) in [5.74, 6) is -4.45. The van der Waals surface area contributed by atoms with Crippen LogP contribution >= 0.6 is 11.6 Å². The lowest BCUT2D eigenvalue weighted by molar-refractivity contribution is -0.159. The zero-order valence-electron chi connectivity index (χ0n) is 13.1. The van der Waals surface area contributed by atoms with Crippen LogP contribution in [0.4, 0.5) is 30.7 Å². The van der Waals surface area contributed by atoms with Crippen LogP contribution in [-0.4, -0.2) is 10.1 Å². The van der Waals surface area contributed by atoms with E-state index in [0.717, 1.165) is 24.3 Å². The quantitative estimate of drug-likeness (QED) is 0.472. The maximum Gasteiger partial charge on any atom is 0.471 e. The molecule has 0 atom stereocenters. The number of aromatic nitrogens is 2. The van der Waals surface area contributed by atoms with Crippen LogP contribution in [0.5, 0.6) is 11.5 Å². The predicted octanol–water partition coefficient (Wildman–Crippen LogP) is 6.16. The molecule has 0 fully saturated rings. The molecular weight excluding hydrogens is 421 g/mol. The first-order chi connectivity index (χ1) is 13.0. The standard InChI is InChI=1S/C16H5ClF7N2O2/c17-10-6-7(4-5-9(10)15(19,20)21)27-11-3-1-2-8(12(11)18)13-25-14(28-26-13)16(22,23)24/h1-2,4-6H. The molecule has 1 aromatic heterocycles. The van der Waals surface area contributed by atoms with E-state index in [-0.39, 0.29) is 5.75 Å². The monoisotopic (exact) mass is 425 g/mol. The second-order valence-electron chi connectivity index (χ2n) is 5.20. The van der Waals surface area contributed by atoms with Gasteiger partial charge in [-0.15, -0.1) is 0 Å². The molecule has 12 heteroatoms. The zero-order valence-corrected chi connectivity index (χ0v) is 13.9. The number of benzene rings is 2. The average molecular weight is 426 g/mol. The molecule has 28 heavy (non-hydrogen) atoms. The number of ether oxygens (including phenoxy) is 1. The van der Waals surface area contributed by atoms with E-state index in [1.165, 1.54) is 0 Å². The van der Waals surface area contributed by atoms with Crippen molar-refractivity contribution in [1.82, 2.24) is 10.1 Å². The Labute approximate surface area is 156 Å². The molecule has 1 heterocycles. The van der Waals surface area contributed by atoms with E-state index in [1.807, 2.05) is 0 Å². The normalized spacial score (nSPS) is 12.3. The fourth-order valence-electron chi connectivity index (χ4n) is 2.06. The SMILES string of the molecule is Fc1c(Oc2ccc(C(F)(F)F)c(Cl)c2)[c]ccc1-c1noc(C(F)(F)F)n1. The number of halogens is 8. The summed E-state index contributed by atoms with van der Waals surface area (Å²) in [6.07, 6.45) is -9.61. The van der Waals surface area contributed by atoms with Crippen molar-refractivity contribution in [2.45, 2.75) is 12.4 Å². The van der Waals surface area contributed by atoms with Gasteiger partial charge in [-0.25, -0.2) is 4.39 Å². The lowest BCUT2D eigenvalue weighted by atomic mass is 10.2. The number of nitrogens with zero attached hydrogens (tertiary/aromatic N) is 2. The van der Waals surface area contributed by atoms with Gasteiger partial charge in [-0.05, 0) is 24.3 Å². The molecule has 0 N–H and O–H groups in total. The Morgan fingerprint density at radius 2 is 1.75 bits per heavy atom. The first-order valence-corrected chi connectivity index (χ1v) is 7.50. The summed E-state index contributed by atoms with van der Waals surface area (Å²) < 4.78 is 99.4. The van der Waals surface area contributed by atoms with Crippen LogP contribution < -0.4 is 4.74 Å². The molecule has 0 saturated carbocycles. The molecular formula is C16H5ClF7N2O2. The minimum Gasteiger partial charge on any atom is -0.454 e. The molecule has 2 aromatic carbocycles. The van der Waals surface area contributed by atoms with Gasteiger partial charge in [0.25, 0.3) is 0 Å². The van der Waals surface area contributed by atoms with Crippen molar-refractivity contribution in [3.05, 3.63) is 58.7 Å². The molecule has 3 aromatic rings. The first kappa shape index (κ1) is 19.9. The molecule has 0 aliphatic rings. The molecule has 0 aliphatic heterocycles. The van der Waals surface area contributed by atoms with Gasteiger partial charge < -0.3 is 9.26 Å².